The Labute approximate surface area is 166 Å². The van der Waals surface area contributed by atoms with Crippen molar-refractivity contribution in [1.29, 1.82) is 0 Å². The van der Waals surface area contributed by atoms with Crippen molar-refractivity contribution < 1.29 is 17.9 Å². The molecular formula is C21H26N2O4S. The lowest BCUT2D eigenvalue weighted by Crippen LogP contribution is -2.43. The number of rotatable bonds is 7. The number of sulfonamides is 1. The summed E-state index contributed by atoms with van der Waals surface area (Å²) in [6, 6.07) is 13.5. The summed E-state index contributed by atoms with van der Waals surface area (Å²) in [6.07, 6.45) is 4.04. The minimum atomic E-state index is -3.94. The first-order chi connectivity index (χ1) is 13.4. The van der Waals surface area contributed by atoms with Crippen molar-refractivity contribution in [2.24, 2.45) is 0 Å². The summed E-state index contributed by atoms with van der Waals surface area (Å²) in [6.45, 7) is 1.57. The van der Waals surface area contributed by atoms with Gasteiger partial charge in [-0.25, -0.2) is 8.42 Å². The highest BCUT2D eigenvalue weighted by Crippen LogP contribution is 2.33. The Balaban J connectivity index is 1.99. The molecule has 1 aliphatic carbocycles. The van der Waals surface area contributed by atoms with Crippen LogP contribution in [-0.2, 0) is 14.8 Å². The number of anilines is 1. The zero-order valence-electron chi connectivity index (χ0n) is 16.2. The molecule has 7 heteroatoms. The average Bonchev–Trinajstić information content (AvgIpc) is 3.19. The van der Waals surface area contributed by atoms with Crippen LogP contribution in [0.2, 0.25) is 0 Å². The van der Waals surface area contributed by atoms with E-state index < -0.39 is 10.0 Å². The number of nitrogens with zero attached hydrogens (tertiary/aromatic N) is 1. The maximum absolute atomic E-state index is 13.4. The van der Waals surface area contributed by atoms with Crippen LogP contribution in [0.4, 0.5) is 5.69 Å². The van der Waals surface area contributed by atoms with Crippen molar-refractivity contribution >= 4 is 21.6 Å². The van der Waals surface area contributed by atoms with Gasteiger partial charge in [-0.1, -0.05) is 37.1 Å². The van der Waals surface area contributed by atoms with E-state index in [9.17, 15) is 13.2 Å². The van der Waals surface area contributed by atoms with Gasteiger partial charge in [-0.15, -0.1) is 0 Å². The Morgan fingerprint density at radius 1 is 1.14 bits per heavy atom. The minimum absolute atomic E-state index is 0.119. The summed E-state index contributed by atoms with van der Waals surface area (Å²) in [5, 5.41) is 2.97. The normalized spacial score (nSPS) is 14.6. The van der Waals surface area contributed by atoms with Gasteiger partial charge in [0.25, 0.3) is 10.0 Å². The van der Waals surface area contributed by atoms with E-state index in [-0.39, 0.29) is 23.4 Å². The molecule has 1 fully saturated rings. The molecule has 0 radical (unpaired) electrons. The summed E-state index contributed by atoms with van der Waals surface area (Å²) >= 11 is 0. The van der Waals surface area contributed by atoms with Crippen molar-refractivity contribution in [1.82, 2.24) is 5.32 Å². The van der Waals surface area contributed by atoms with E-state index in [0.717, 1.165) is 35.6 Å². The van der Waals surface area contributed by atoms with Gasteiger partial charge in [0.2, 0.25) is 5.91 Å². The smallest absolute Gasteiger partial charge is 0.264 e. The van der Waals surface area contributed by atoms with Crippen LogP contribution in [0.25, 0.3) is 0 Å². The third-order valence-corrected chi connectivity index (χ3v) is 6.72. The lowest BCUT2D eigenvalue weighted by molar-refractivity contribution is -0.120. The average molecular weight is 403 g/mol. The van der Waals surface area contributed by atoms with Crippen LogP contribution in [0, 0.1) is 6.92 Å². The molecule has 6 nitrogen and oxygen atoms in total. The van der Waals surface area contributed by atoms with Crippen molar-refractivity contribution in [2.75, 3.05) is 18.0 Å². The number of hydrogen-bond donors (Lipinski definition) is 1. The molecule has 1 aliphatic rings. The third kappa shape index (κ3) is 4.47. The second-order valence-corrected chi connectivity index (χ2v) is 8.91. The molecule has 0 aliphatic heterocycles. The van der Waals surface area contributed by atoms with Gasteiger partial charge in [-0.3, -0.25) is 9.10 Å². The molecule has 0 spiro atoms. The molecule has 0 bridgehead atoms. The molecule has 0 aromatic heterocycles. The fourth-order valence-corrected chi connectivity index (χ4v) is 4.93. The van der Waals surface area contributed by atoms with Gasteiger partial charge in [0.05, 0.1) is 17.7 Å². The van der Waals surface area contributed by atoms with E-state index in [0.29, 0.717) is 11.4 Å². The summed E-state index contributed by atoms with van der Waals surface area (Å²) < 4.78 is 33.3. The van der Waals surface area contributed by atoms with E-state index in [1.165, 1.54) is 19.2 Å². The number of ether oxygens (including phenoxy) is 1. The Bertz CT molecular complexity index is 923. The molecule has 150 valence electrons. The zero-order chi connectivity index (χ0) is 20.1. The van der Waals surface area contributed by atoms with Gasteiger partial charge < -0.3 is 10.1 Å². The van der Waals surface area contributed by atoms with E-state index in [1.807, 2.05) is 13.0 Å². The Morgan fingerprint density at radius 2 is 1.82 bits per heavy atom. The number of benzene rings is 2. The molecule has 2 aromatic carbocycles. The van der Waals surface area contributed by atoms with Crippen LogP contribution in [0.15, 0.2) is 53.4 Å². The minimum Gasteiger partial charge on any atom is -0.495 e. The monoisotopic (exact) mass is 402 g/mol. The Kier molecular flexibility index (Phi) is 6.24. The van der Waals surface area contributed by atoms with E-state index >= 15 is 0 Å². The van der Waals surface area contributed by atoms with Gasteiger partial charge in [-0.2, -0.15) is 0 Å². The summed E-state index contributed by atoms with van der Waals surface area (Å²) in [7, 11) is -2.45. The molecule has 0 atom stereocenters. The molecule has 1 amide bonds. The van der Waals surface area contributed by atoms with E-state index in [4.69, 9.17) is 4.74 Å². The lowest BCUT2D eigenvalue weighted by atomic mass is 10.2. The summed E-state index contributed by atoms with van der Waals surface area (Å²) in [4.78, 5) is 12.8. The number of carbonyl (C=O) groups is 1. The predicted molar refractivity (Wildman–Crippen MR) is 109 cm³/mol. The first-order valence-corrected chi connectivity index (χ1v) is 10.9. The third-order valence-electron chi connectivity index (χ3n) is 4.94. The highest BCUT2D eigenvalue weighted by Gasteiger charge is 2.30. The predicted octanol–water partition coefficient (Wildman–Crippen LogP) is 3.26. The van der Waals surface area contributed by atoms with Crippen molar-refractivity contribution in [3.8, 4) is 5.75 Å². The van der Waals surface area contributed by atoms with Crippen molar-refractivity contribution in [3.63, 3.8) is 0 Å². The van der Waals surface area contributed by atoms with E-state index in [2.05, 4.69) is 5.32 Å². The molecule has 0 heterocycles. The molecule has 0 unspecified atom stereocenters. The maximum Gasteiger partial charge on any atom is 0.264 e. The largest absolute Gasteiger partial charge is 0.495 e. The molecular weight excluding hydrogens is 376 g/mol. The van der Waals surface area contributed by atoms with Crippen LogP contribution in [0.5, 0.6) is 5.75 Å². The molecule has 3 rings (SSSR count). The number of nitrogens with one attached hydrogen (secondary N) is 1. The molecule has 1 saturated carbocycles. The molecule has 1 N–H and O–H groups in total. The van der Waals surface area contributed by atoms with Crippen LogP contribution in [0.1, 0.15) is 31.2 Å². The van der Waals surface area contributed by atoms with Crippen LogP contribution in [0.3, 0.4) is 0 Å². The fourth-order valence-electron chi connectivity index (χ4n) is 3.49. The highest BCUT2D eigenvalue weighted by atomic mass is 32.2. The molecule has 2 aromatic rings. The molecule has 28 heavy (non-hydrogen) atoms. The van der Waals surface area contributed by atoms with Crippen molar-refractivity contribution in [3.05, 3.63) is 54.1 Å². The van der Waals surface area contributed by atoms with Crippen LogP contribution < -0.4 is 14.4 Å². The number of amides is 1. The van der Waals surface area contributed by atoms with Crippen molar-refractivity contribution in [2.45, 2.75) is 43.5 Å². The quantitative estimate of drug-likeness (QED) is 0.771. The number of methoxy groups -OCH3 is 1. The second kappa shape index (κ2) is 8.65. The zero-order valence-corrected chi connectivity index (χ0v) is 17.0. The van der Waals surface area contributed by atoms with Crippen LogP contribution in [-0.4, -0.2) is 34.0 Å². The molecule has 0 saturated heterocycles. The van der Waals surface area contributed by atoms with Gasteiger partial charge in [-0.05, 0) is 49.6 Å². The number of carbonyl (C=O) groups excluding carboxylic acids is 1. The standard InChI is InChI=1S/C21H26N2O4S/c1-16-12-13-20(27-2)19(14-16)23(15-21(24)22-17-8-6-7-9-17)28(25,26)18-10-4-3-5-11-18/h3-5,10-14,17H,6-9,15H2,1-2H3,(H,22,24). The van der Waals surface area contributed by atoms with Gasteiger partial charge >= 0.3 is 0 Å². The summed E-state index contributed by atoms with van der Waals surface area (Å²) in [5.41, 5.74) is 1.23. The van der Waals surface area contributed by atoms with Gasteiger partial charge in [0.1, 0.15) is 12.3 Å². The number of aryl methyl sites for hydroxylation is 1. The van der Waals surface area contributed by atoms with Gasteiger partial charge in [0, 0.05) is 6.04 Å². The lowest BCUT2D eigenvalue weighted by Gasteiger charge is -2.26. The fraction of sp³-hybridized carbons (Fsp3) is 0.381. The van der Waals surface area contributed by atoms with Gasteiger partial charge in [0.15, 0.2) is 0 Å². The first kappa shape index (κ1) is 20.2. The summed E-state index contributed by atoms with van der Waals surface area (Å²) in [5.74, 6) is 0.0914. The van der Waals surface area contributed by atoms with Crippen LogP contribution >= 0.6 is 0 Å². The Morgan fingerprint density at radius 3 is 2.46 bits per heavy atom. The van der Waals surface area contributed by atoms with E-state index in [1.54, 1.807) is 30.3 Å². The first-order valence-electron chi connectivity index (χ1n) is 9.43. The SMILES string of the molecule is COc1ccc(C)cc1N(CC(=O)NC1CCCC1)S(=O)(=O)c1ccccc1. The number of hydrogen-bond acceptors (Lipinski definition) is 4. The maximum atomic E-state index is 13.4. The second-order valence-electron chi connectivity index (χ2n) is 7.05. The topological polar surface area (TPSA) is 75.7 Å². The highest BCUT2D eigenvalue weighted by molar-refractivity contribution is 7.92. The Hall–Kier alpha value is -2.54.